The lowest BCUT2D eigenvalue weighted by molar-refractivity contribution is 0.233. The molecule has 0 saturated heterocycles. The van der Waals surface area contributed by atoms with Gasteiger partial charge in [-0.1, -0.05) is 6.07 Å². The van der Waals surface area contributed by atoms with Crippen molar-refractivity contribution in [2.75, 3.05) is 0 Å². The van der Waals surface area contributed by atoms with Crippen LogP contribution in [0.5, 0.6) is 5.88 Å². The van der Waals surface area contributed by atoms with Gasteiger partial charge in [0.05, 0.1) is 18.9 Å². The topological polar surface area (TPSA) is 55.2 Å². The predicted octanol–water partition coefficient (Wildman–Crippen LogP) is 1.91. The zero-order chi connectivity index (χ0) is 11.5. The molecule has 0 fully saturated rings. The summed E-state index contributed by atoms with van der Waals surface area (Å²) < 4.78 is 5.56. The summed E-state index contributed by atoms with van der Waals surface area (Å²) in [6.45, 7) is 3.92. The van der Waals surface area contributed by atoms with Gasteiger partial charge in [-0.05, 0) is 31.5 Å². The quantitative estimate of drug-likeness (QED) is 0.855. The molecule has 4 nitrogen and oxygen atoms in total. The average molecular weight is 218 g/mol. The van der Waals surface area contributed by atoms with E-state index in [2.05, 4.69) is 10.2 Å². The summed E-state index contributed by atoms with van der Waals surface area (Å²) in [6, 6.07) is 5.64. The number of aromatic nitrogens is 2. The molecule has 2 rings (SSSR count). The summed E-state index contributed by atoms with van der Waals surface area (Å²) in [4.78, 5) is 0. The third-order valence-electron chi connectivity index (χ3n) is 2.22. The lowest BCUT2D eigenvalue weighted by Crippen LogP contribution is -2.07. The van der Waals surface area contributed by atoms with Gasteiger partial charge in [0.1, 0.15) is 0 Å². The lowest BCUT2D eigenvalue weighted by atomic mass is 10.1. The Morgan fingerprint density at radius 2 is 2.19 bits per heavy atom. The average Bonchev–Trinajstić information content (AvgIpc) is 2.28. The van der Waals surface area contributed by atoms with Crippen molar-refractivity contribution >= 4 is 10.8 Å². The van der Waals surface area contributed by atoms with Crippen LogP contribution in [0.4, 0.5) is 0 Å². The molecule has 0 aliphatic heterocycles. The van der Waals surface area contributed by atoms with Gasteiger partial charge in [0.15, 0.2) is 0 Å². The first-order chi connectivity index (χ1) is 7.70. The largest absolute Gasteiger partial charge is 0.473 e. The first-order valence-electron chi connectivity index (χ1n) is 5.22. The van der Waals surface area contributed by atoms with Gasteiger partial charge in [0.2, 0.25) is 5.88 Å². The number of rotatable bonds is 3. The van der Waals surface area contributed by atoms with Crippen molar-refractivity contribution < 1.29 is 9.84 Å². The third kappa shape index (κ3) is 2.12. The number of fused-ring (bicyclic) bond motifs is 1. The van der Waals surface area contributed by atoms with Crippen LogP contribution in [0.1, 0.15) is 19.4 Å². The van der Waals surface area contributed by atoms with E-state index in [9.17, 15) is 0 Å². The fourth-order valence-electron chi connectivity index (χ4n) is 1.52. The van der Waals surface area contributed by atoms with Gasteiger partial charge in [0, 0.05) is 10.8 Å². The van der Waals surface area contributed by atoms with Crippen molar-refractivity contribution in [3.05, 3.63) is 30.0 Å². The van der Waals surface area contributed by atoms with Crippen LogP contribution < -0.4 is 4.74 Å². The van der Waals surface area contributed by atoms with Crippen molar-refractivity contribution in [2.24, 2.45) is 0 Å². The molecule has 0 aliphatic carbocycles. The minimum absolute atomic E-state index is 0.0264. The van der Waals surface area contributed by atoms with E-state index >= 15 is 0 Å². The van der Waals surface area contributed by atoms with Crippen LogP contribution >= 0.6 is 0 Å². The highest BCUT2D eigenvalue weighted by atomic mass is 16.5. The summed E-state index contributed by atoms with van der Waals surface area (Å²) >= 11 is 0. The van der Waals surface area contributed by atoms with Crippen LogP contribution in [0.15, 0.2) is 24.4 Å². The summed E-state index contributed by atoms with van der Waals surface area (Å²) in [5.74, 6) is 0.539. The second kappa shape index (κ2) is 4.45. The monoisotopic (exact) mass is 218 g/mol. The Morgan fingerprint density at radius 1 is 1.38 bits per heavy atom. The van der Waals surface area contributed by atoms with Crippen LogP contribution in [0.2, 0.25) is 0 Å². The van der Waals surface area contributed by atoms with E-state index in [1.807, 2.05) is 32.0 Å². The zero-order valence-corrected chi connectivity index (χ0v) is 9.34. The first-order valence-corrected chi connectivity index (χ1v) is 5.22. The molecular weight excluding hydrogens is 204 g/mol. The van der Waals surface area contributed by atoms with Gasteiger partial charge in [-0.15, -0.1) is 5.10 Å². The maximum Gasteiger partial charge on any atom is 0.241 e. The Morgan fingerprint density at radius 3 is 2.88 bits per heavy atom. The molecule has 1 aromatic carbocycles. The van der Waals surface area contributed by atoms with E-state index in [1.165, 1.54) is 0 Å². The number of hydrogen-bond acceptors (Lipinski definition) is 4. The van der Waals surface area contributed by atoms with E-state index in [0.29, 0.717) is 5.88 Å². The highest BCUT2D eigenvalue weighted by Crippen LogP contribution is 2.23. The van der Waals surface area contributed by atoms with Crippen LogP contribution in [0.3, 0.4) is 0 Å². The molecule has 1 N–H and O–H groups in total. The maximum absolute atomic E-state index is 9.04. The first kappa shape index (κ1) is 10.8. The highest BCUT2D eigenvalue weighted by molar-refractivity contribution is 5.86. The standard InChI is InChI=1S/C12H14N2O2/c1-8(2)16-12-11-4-3-9(7-15)5-10(11)6-13-14-12/h3-6,8,15H,7H2,1-2H3. The minimum Gasteiger partial charge on any atom is -0.473 e. The van der Waals surface area contributed by atoms with Crippen LogP contribution in [0, 0.1) is 0 Å². The summed E-state index contributed by atoms with van der Waals surface area (Å²) in [7, 11) is 0. The van der Waals surface area contributed by atoms with Crippen molar-refractivity contribution in [3.8, 4) is 5.88 Å². The fraction of sp³-hybridized carbons (Fsp3) is 0.333. The second-order valence-corrected chi connectivity index (χ2v) is 3.90. The molecule has 0 unspecified atom stereocenters. The molecule has 4 heteroatoms. The van der Waals surface area contributed by atoms with Gasteiger partial charge >= 0.3 is 0 Å². The third-order valence-corrected chi connectivity index (χ3v) is 2.22. The molecular formula is C12H14N2O2. The Hall–Kier alpha value is -1.68. The Labute approximate surface area is 93.9 Å². The van der Waals surface area contributed by atoms with E-state index in [-0.39, 0.29) is 12.7 Å². The number of benzene rings is 1. The van der Waals surface area contributed by atoms with E-state index in [1.54, 1.807) is 6.20 Å². The smallest absolute Gasteiger partial charge is 0.241 e. The number of aliphatic hydroxyl groups excluding tert-OH is 1. The normalized spacial score (nSPS) is 11.0. The maximum atomic E-state index is 9.04. The number of nitrogens with zero attached hydrogens (tertiary/aromatic N) is 2. The van der Waals surface area contributed by atoms with Gasteiger partial charge in [-0.25, -0.2) is 0 Å². The fourth-order valence-corrected chi connectivity index (χ4v) is 1.52. The van der Waals surface area contributed by atoms with E-state index in [0.717, 1.165) is 16.3 Å². The minimum atomic E-state index is 0.0264. The molecule has 0 bridgehead atoms. The molecule has 1 heterocycles. The molecule has 0 saturated carbocycles. The Balaban J connectivity index is 2.51. The van der Waals surface area contributed by atoms with Gasteiger partial charge in [0.25, 0.3) is 0 Å². The molecule has 0 amide bonds. The van der Waals surface area contributed by atoms with Gasteiger partial charge in [-0.2, -0.15) is 5.10 Å². The molecule has 84 valence electrons. The van der Waals surface area contributed by atoms with Crippen molar-refractivity contribution in [1.82, 2.24) is 10.2 Å². The molecule has 0 atom stereocenters. The van der Waals surface area contributed by atoms with Gasteiger partial charge < -0.3 is 9.84 Å². The molecule has 16 heavy (non-hydrogen) atoms. The number of aliphatic hydroxyl groups is 1. The summed E-state index contributed by atoms with van der Waals surface area (Å²) in [5, 5.41) is 18.7. The van der Waals surface area contributed by atoms with Crippen LogP contribution in [-0.2, 0) is 6.61 Å². The van der Waals surface area contributed by atoms with Gasteiger partial charge in [-0.3, -0.25) is 0 Å². The molecule has 2 aromatic rings. The van der Waals surface area contributed by atoms with Crippen molar-refractivity contribution in [2.45, 2.75) is 26.6 Å². The highest BCUT2D eigenvalue weighted by Gasteiger charge is 2.06. The zero-order valence-electron chi connectivity index (χ0n) is 9.34. The van der Waals surface area contributed by atoms with Crippen LogP contribution in [-0.4, -0.2) is 21.4 Å². The number of hydrogen-bond donors (Lipinski definition) is 1. The summed E-state index contributed by atoms with van der Waals surface area (Å²) in [5.41, 5.74) is 0.857. The van der Waals surface area contributed by atoms with E-state index in [4.69, 9.17) is 9.84 Å². The Kier molecular flexibility index (Phi) is 3.01. The molecule has 0 spiro atoms. The van der Waals surface area contributed by atoms with Crippen molar-refractivity contribution in [1.29, 1.82) is 0 Å². The number of ether oxygens (including phenoxy) is 1. The summed E-state index contributed by atoms with van der Waals surface area (Å²) in [6.07, 6.45) is 1.74. The van der Waals surface area contributed by atoms with Crippen molar-refractivity contribution in [3.63, 3.8) is 0 Å². The van der Waals surface area contributed by atoms with E-state index < -0.39 is 0 Å². The molecule has 1 aromatic heterocycles. The molecule has 0 aliphatic rings. The van der Waals surface area contributed by atoms with Crippen LogP contribution in [0.25, 0.3) is 10.8 Å². The Bertz CT molecular complexity index is 497. The lowest BCUT2D eigenvalue weighted by Gasteiger charge is -2.10. The predicted molar refractivity (Wildman–Crippen MR) is 61.2 cm³/mol. The molecule has 0 radical (unpaired) electrons. The second-order valence-electron chi connectivity index (χ2n) is 3.90. The SMILES string of the molecule is CC(C)Oc1nncc2cc(CO)ccc12.